The van der Waals surface area contributed by atoms with Crippen molar-refractivity contribution in [1.82, 2.24) is 5.43 Å². The fourth-order valence-electron chi connectivity index (χ4n) is 1.95. The summed E-state index contributed by atoms with van der Waals surface area (Å²) in [5.74, 6) is 0.508. The van der Waals surface area contributed by atoms with Gasteiger partial charge in [-0.25, -0.2) is 5.43 Å². The minimum atomic E-state index is -0.302. The van der Waals surface area contributed by atoms with Gasteiger partial charge in [0.05, 0.1) is 12.8 Å². The molecule has 0 atom stereocenters. The number of amides is 1. The highest BCUT2D eigenvalue weighted by Crippen LogP contribution is 2.13. The van der Waals surface area contributed by atoms with Gasteiger partial charge in [0.1, 0.15) is 11.5 Å². The van der Waals surface area contributed by atoms with Crippen molar-refractivity contribution in [2.75, 3.05) is 7.11 Å². The molecular weight excluding hydrogens is 280 g/mol. The molecule has 0 bridgehead atoms. The first-order chi connectivity index (χ1) is 10.6. The highest BCUT2D eigenvalue weighted by Gasteiger charge is 2.07. The van der Waals surface area contributed by atoms with E-state index >= 15 is 0 Å². The van der Waals surface area contributed by atoms with Gasteiger partial charge in [0.2, 0.25) is 0 Å². The number of phenolic OH excluding ortho intramolecular Hbond substituents is 1. The van der Waals surface area contributed by atoms with Crippen LogP contribution in [-0.2, 0) is 0 Å². The summed E-state index contributed by atoms with van der Waals surface area (Å²) >= 11 is 0. The van der Waals surface area contributed by atoms with Crippen LogP contribution in [0.5, 0.6) is 11.5 Å². The van der Waals surface area contributed by atoms with Crippen molar-refractivity contribution in [3.8, 4) is 11.5 Å². The summed E-state index contributed by atoms with van der Waals surface area (Å²) < 4.78 is 5.09. The second kappa shape index (κ2) is 7.26. The molecular formula is C17H18N2O3. The zero-order valence-electron chi connectivity index (χ0n) is 12.5. The zero-order valence-corrected chi connectivity index (χ0v) is 12.5. The minimum Gasteiger partial charge on any atom is -0.508 e. The van der Waals surface area contributed by atoms with E-state index in [4.69, 9.17) is 4.74 Å². The van der Waals surface area contributed by atoms with Crippen LogP contribution in [0.2, 0.25) is 0 Å². The van der Waals surface area contributed by atoms with Gasteiger partial charge in [0, 0.05) is 5.56 Å². The number of ether oxygens (including phenoxy) is 1. The SMILES string of the molecule is CC/C(=N\NC(=O)c1cccc(OC)c1)c1ccc(O)cc1. The summed E-state index contributed by atoms with van der Waals surface area (Å²) in [7, 11) is 1.55. The molecule has 0 spiro atoms. The number of carbonyl (C=O) groups excluding carboxylic acids is 1. The van der Waals surface area contributed by atoms with Gasteiger partial charge in [0.25, 0.3) is 5.91 Å². The largest absolute Gasteiger partial charge is 0.508 e. The van der Waals surface area contributed by atoms with Gasteiger partial charge >= 0.3 is 0 Å². The summed E-state index contributed by atoms with van der Waals surface area (Å²) in [6.07, 6.45) is 0.656. The summed E-state index contributed by atoms with van der Waals surface area (Å²) in [4.78, 5) is 12.1. The van der Waals surface area contributed by atoms with Crippen molar-refractivity contribution in [2.45, 2.75) is 13.3 Å². The summed E-state index contributed by atoms with van der Waals surface area (Å²) in [5, 5.41) is 13.5. The summed E-state index contributed by atoms with van der Waals surface area (Å²) in [5.41, 5.74) is 4.61. The first-order valence-electron chi connectivity index (χ1n) is 6.94. The van der Waals surface area contributed by atoms with Crippen molar-refractivity contribution in [3.05, 3.63) is 59.7 Å². The first-order valence-corrected chi connectivity index (χ1v) is 6.94. The molecule has 0 aliphatic carbocycles. The molecule has 0 aliphatic heterocycles. The van der Waals surface area contributed by atoms with Gasteiger partial charge < -0.3 is 9.84 Å². The predicted octanol–water partition coefficient (Wildman–Crippen LogP) is 2.94. The Morgan fingerprint density at radius 1 is 1.18 bits per heavy atom. The molecule has 114 valence electrons. The second-order valence-electron chi connectivity index (χ2n) is 4.63. The Hall–Kier alpha value is -2.82. The number of hydrazone groups is 1. The van der Waals surface area contributed by atoms with E-state index in [9.17, 15) is 9.90 Å². The molecule has 2 N–H and O–H groups in total. The fourth-order valence-corrected chi connectivity index (χ4v) is 1.95. The first kappa shape index (κ1) is 15.6. The molecule has 0 fully saturated rings. The quantitative estimate of drug-likeness (QED) is 0.658. The molecule has 0 saturated carbocycles. The lowest BCUT2D eigenvalue weighted by Crippen LogP contribution is -2.20. The smallest absolute Gasteiger partial charge is 0.271 e. The number of carbonyl (C=O) groups is 1. The molecule has 22 heavy (non-hydrogen) atoms. The van der Waals surface area contributed by atoms with E-state index in [1.807, 2.05) is 6.92 Å². The topological polar surface area (TPSA) is 70.9 Å². The van der Waals surface area contributed by atoms with Gasteiger partial charge in [-0.15, -0.1) is 0 Å². The standard InChI is InChI=1S/C17H18N2O3/c1-3-16(12-7-9-14(20)10-8-12)18-19-17(21)13-5-4-6-15(11-13)22-2/h4-11,20H,3H2,1-2H3,(H,19,21)/b18-16+. The number of nitrogens with one attached hydrogen (secondary N) is 1. The molecule has 5 nitrogen and oxygen atoms in total. The van der Waals surface area contributed by atoms with Crippen LogP contribution in [0.1, 0.15) is 29.3 Å². The third-order valence-corrected chi connectivity index (χ3v) is 3.16. The van der Waals surface area contributed by atoms with Gasteiger partial charge in [-0.2, -0.15) is 5.10 Å². The van der Waals surface area contributed by atoms with Gasteiger partial charge in [-0.05, 0) is 54.4 Å². The second-order valence-corrected chi connectivity index (χ2v) is 4.63. The Labute approximate surface area is 129 Å². The molecule has 0 unspecified atom stereocenters. The number of phenols is 1. The van der Waals surface area contributed by atoms with Crippen molar-refractivity contribution >= 4 is 11.6 Å². The van der Waals surface area contributed by atoms with E-state index in [2.05, 4.69) is 10.5 Å². The van der Waals surface area contributed by atoms with E-state index in [1.54, 1.807) is 55.6 Å². The highest BCUT2D eigenvalue weighted by molar-refractivity contribution is 6.02. The van der Waals surface area contributed by atoms with E-state index in [-0.39, 0.29) is 11.7 Å². The lowest BCUT2D eigenvalue weighted by molar-refractivity contribution is 0.0954. The van der Waals surface area contributed by atoms with Crippen molar-refractivity contribution in [2.24, 2.45) is 5.10 Å². The molecule has 5 heteroatoms. The number of benzene rings is 2. The lowest BCUT2D eigenvalue weighted by atomic mass is 10.1. The molecule has 2 rings (SSSR count). The van der Waals surface area contributed by atoms with E-state index < -0.39 is 0 Å². The maximum atomic E-state index is 12.1. The number of rotatable bonds is 5. The highest BCUT2D eigenvalue weighted by atomic mass is 16.5. The van der Waals surface area contributed by atoms with Crippen LogP contribution in [0.15, 0.2) is 53.6 Å². The molecule has 0 saturated heterocycles. The van der Waals surface area contributed by atoms with Crippen molar-refractivity contribution < 1.29 is 14.6 Å². The monoisotopic (exact) mass is 298 g/mol. The third kappa shape index (κ3) is 3.85. The van der Waals surface area contributed by atoms with Gasteiger partial charge in [-0.3, -0.25) is 4.79 Å². The lowest BCUT2D eigenvalue weighted by Gasteiger charge is -2.06. The maximum absolute atomic E-state index is 12.1. The Morgan fingerprint density at radius 3 is 2.55 bits per heavy atom. The van der Waals surface area contributed by atoms with Crippen LogP contribution in [0.4, 0.5) is 0 Å². The van der Waals surface area contributed by atoms with Crippen molar-refractivity contribution in [3.63, 3.8) is 0 Å². The average Bonchev–Trinajstić information content (AvgIpc) is 2.56. The Balaban J connectivity index is 2.14. The molecule has 0 radical (unpaired) electrons. The summed E-state index contributed by atoms with van der Waals surface area (Å²) in [6.45, 7) is 1.95. The van der Waals surface area contributed by atoms with Crippen LogP contribution in [0.25, 0.3) is 0 Å². The minimum absolute atomic E-state index is 0.194. The van der Waals surface area contributed by atoms with Crippen LogP contribution >= 0.6 is 0 Å². The maximum Gasteiger partial charge on any atom is 0.271 e. The molecule has 2 aromatic rings. The van der Waals surface area contributed by atoms with Crippen LogP contribution < -0.4 is 10.2 Å². The summed E-state index contributed by atoms with van der Waals surface area (Å²) in [6, 6.07) is 13.6. The molecule has 0 aliphatic rings. The molecule has 2 aromatic carbocycles. The zero-order chi connectivity index (χ0) is 15.9. The fraction of sp³-hybridized carbons (Fsp3) is 0.176. The Kier molecular flexibility index (Phi) is 5.14. The van der Waals surface area contributed by atoms with Crippen molar-refractivity contribution in [1.29, 1.82) is 0 Å². The van der Waals surface area contributed by atoms with Crippen LogP contribution in [-0.4, -0.2) is 23.8 Å². The molecule has 0 aromatic heterocycles. The number of hydrogen-bond donors (Lipinski definition) is 2. The predicted molar refractivity (Wildman–Crippen MR) is 85.4 cm³/mol. The van der Waals surface area contributed by atoms with E-state index in [0.717, 1.165) is 11.3 Å². The van der Waals surface area contributed by atoms with Crippen LogP contribution in [0, 0.1) is 0 Å². The van der Waals surface area contributed by atoms with E-state index in [1.165, 1.54) is 0 Å². The third-order valence-electron chi connectivity index (χ3n) is 3.16. The number of methoxy groups -OCH3 is 1. The Bertz CT molecular complexity index is 679. The average molecular weight is 298 g/mol. The van der Waals surface area contributed by atoms with Crippen LogP contribution in [0.3, 0.4) is 0 Å². The number of aromatic hydroxyl groups is 1. The number of hydrogen-bond acceptors (Lipinski definition) is 4. The normalized spacial score (nSPS) is 11.1. The Morgan fingerprint density at radius 2 is 1.91 bits per heavy atom. The molecule has 1 amide bonds. The number of nitrogens with zero attached hydrogens (tertiary/aromatic N) is 1. The van der Waals surface area contributed by atoms with Gasteiger partial charge in [0.15, 0.2) is 0 Å². The molecule has 0 heterocycles. The van der Waals surface area contributed by atoms with E-state index in [0.29, 0.717) is 17.7 Å². The van der Waals surface area contributed by atoms with Gasteiger partial charge in [-0.1, -0.05) is 13.0 Å².